The van der Waals surface area contributed by atoms with Crippen LogP contribution in [0.5, 0.6) is 5.88 Å². The lowest BCUT2D eigenvalue weighted by Gasteiger charge is -2.23. The van der Waals surface area contributed by atoms with Gasteiger partial charge in [-0.05, 0) is 43.3 Å². The van der Waals surface area contributed by atoms with Crippen molar-refractivity contribution >= 4 is 21.6 Å². The molecule has 7 nitrogen and oxygen atoms in total. The number of pyridine rings is 1. The Morgan fingerprint density at radius 3 is 2.53 bits per heavy atom. The lowest BCUT2D eigenvalue weighted by molar-refractivity contribution is 0.0950. The van der Waals surface area contributed by atoms with Gasteiger partial charge in [0, 0.05) is 30.4 Å². The third kappa shape index (κ3) is 4.60. The van der Waals surface area contributed by atoms with Crippen LogP contribution in [0.1, 0.15) is 22.8 Å². The molecule has 3 rings (SSSR count). The van der Waals surface area contributed by atoms with E-state index in [4.69, 9.17) is 4.74 Å². The zero-order valence-electron chi connectivity index (χ0n) is 16.8. The zero-order chi connectivity index (χ0) is 21.6. The third-order valence-corrected chi connectivity index (χ3v) is 6.40. The number of hydrogen-bond donors (Lipinski definition) is 1. The van der Waals surface area contributed by atoms with E-state index in [0.29, 0.717) is 11.6 Å². The third-order valence-electron chi connectivity index (χ3n) is 4.50. The van der Waals surface area contributed by atoms with Gasteiger partial charge in [0.1, 0.15) is 0 Å². The van der Waals surface area contributed by atoms with Crippen molar-refractivity contribution in [2.45, 2.75) is 18.4 Å². The van der Waals surface area contributed by atoms with Crippen molar-refractivity contribution in [2.24, 2.45) is 0 Å². The van der Waals surface area contributed by atoms with Gasteiger partial charge in [-0.15, -0.1) is 0 Å². The molecule has 0 aliphatic rings. The fourth-order valence-electron chi connectivity index (χ4n) is 3.03. The molecule has 1 N–H and O–H groups in total. The molecule has 30 heavy (non-hydrogen) atoms. The van der Waals surface area contributed by atoms with Crippen molar-refractivity contribution < 1.29 is 17.9 Å². The molecule has 0 unspecified atom stereocenters. The van der Waals surface area contributed by atoms with Gasteiger partial charge >= 0.3 is 0 Å². The second kappa shape index (κ2) is 9.41. The minimum Gasteiger partial charge on any atom is -0.481 e. The van der Waals surface area contributed by atoms with E-state index in [1.165, 1.54) is 23.5 Å². The molecule has 0 radical (unpaired) electrons. The van der Waals surface area contributed by atoms with Crippen LogP contribution in [-0.2, 0) is 16.6 Å². The number of methoxy groups -OCH3 is 1. The SMILES string of the molecule is CCN(c1ccccc1)S(=O)(=O)c1cccc(C(=O)NCc2cccnc2OC)c1. The summed E-state index contributed by atoms with van der Waals surface area (Å²) in [6.07, 6.45) is 1.60. The van der Waals surface area contributed by atoms with Crippen LogP contribution in [0.25, 0.3) is 0 Å². The summed E-state index contributed by atoms with van der Waals surface area (Å²) in [5.41, 5.74) is 1.54. The highest BCUT2D eigenvalue weighted by Gasteiger charge is 2.24. The highest BCUT2D eigenvalue weighted by atomic mass is 32.2. The normalized spacial score (nSPS) is 11.0. The Bertz CT molecular complexity index is 1120. The molecule has 1 aromatic heterocycles. The summed E-state index contributed by atoms with van der Waals surface area (Å²) in [7, 11) is -2.31. The van der Waals surface area contributed by atoms with Gasteiger partial charge in [0.15, 0.2) is 0 Å². The van der Waals surface area contributed by atoms with Gasteiger partial charge in [-0.2, -0.15) is 0 Å². The van der Waals surface area contributed by atoms with E-state index in [0.717, 1.165) is 5.56 Å². The van der Waals surface area contributed by atoms with Crippen LogP contribution in [-0.4, -0.2) is 33.0 Å². The molecular weight excluding hydrogens is 402 g/mol. The number of anilines is 1. The first-order valence-corrected chi connectivity index (χ1v) is 10.8. The number of amides is 1. The van der Waals surface area contributed by atoms with Crippen LogP contribution in [0.3, 0.4) is 0 Å². The second-order valence-corrected chi connectivity index (χ2v) is 8.25. The molecule has 0 saturated carbocycles. The Hall–Kier alpha value is -3.39. The monoisotopic (exact) mass is 425 g/mol. The van der Waals surface area contributed by atoms with E-state index < -0.39 is 10.0 Å². The number of carbonyl (C=O) groups is 1. The standard InChI is InChI=1S/C22H23N3O4S/c1-3-25(19-11-5-4-6-12-19)30(27,28)20-13-7-9-17(15-20)21(26)24-16-18-10-8-14-23-22(18)29-2/h4-15H,3,16H2,1-2H3,(H,24,26). The Morgan fingerprint density at radius 2 is 1.83 bits per heavy atom. The summed E-state index contributed by atoms with van der Waals surface area (Å²) in [4.78, 5) is 16.8. The summed E-state index contributed by atoms with van der Waals surface area (Å²) in [5, 5.41) is 2.78. The maximum Gasteiger partial charge on any atom is 0.264 e. The van der Waals surface area contributed by atoms with E-state index in [1.54, 1.807) is 61.7 Å². The molecule has 0 saturated heterocycles. The van der Waals surface area contributed by atoms with E-state index >= 15 is 0 Å². The van der Waals surface area contributed by atoms with Gasteiger partial charge in [-0.25, -0.2) is 13.4 Å². The smallest absolute Gasteiger partial charge is 0.264 e. The van der Waals surface area contributed by atoms with Crippen LogP contribution in [0.4, 0.5) is 5.69 Å². The van der Waals surface area contributed by atoms with E-state index in [2.05, 4.69) is 10.3 Å². The van der Waals surface area contributed by atoms with Gasteiger partial charge in [0.25, 0.3) is 15.9 Å². The van der Waals surface area contributed by atoms with Gasteiger partial charge < -0.3 is 10.1 Å². The van der Waals surface area contributed by atoms with Crippen molar-refractivity contribution in [3.63, 3.8) is 0 Å². The van der Waals surface area contributed by atoms with Crippen LogP contribution in [0.2, 0.25) is 0 Å². The predicted octanol–water partition coefficient (Wildman–Crippen LogP) is 3.24. The Kier molecular flexibility index (Phi) is 6.68. The lowest BCUT2D eigenvalue weighted by atomic mass is 10.2. The number of hydrogen-bond acceptors (Lipinski definition) is 5. The first-order valence-electron chi connectivity index (χ1n) is 9.41. The van der Waals surface area contributed by atoms with Crippen molar-refractivity contribution in [1.82, 2.24) is 10.3 Å². The Morgan fingerprint density at radius 1 is 1.07 bits per heavy atom. The first-order chi connectivity index (χ1) is 14.5. The topological polar surface area (TPSA) is 88.6 Å². The van der Waals surface area contributed by atoms with Crippen LogP contribution in [0.15, 0.2) is 77.8 Å². The highest BCUT2D eigenvalue weighted by molar-refractivity contribution is 7.92. The fourth-order valence-corrected chi connectivity index (χ4v) is 4.55. The average molecular weight is 426 g/mol. The number of carbonyl (C=O) groups excluding carboxylic acids is 1. The maximum absolute atomic E-state index is 13.2. The van der Waals surface area contributed by atoms with Crippen molar-refractivity contribution in [3.8, 4) is 5.88 Å². The van der Waals surface area contributed by atoms with Gasteiger partial charge in [0.05, 0.1) is 17.7 Å². The minimum absolute atomic E-state index is 0.0554. The number of aromatic nitrogens is 1. The van der Waals surface area contributed by atoms with Crippen LogP contribution < -0.4 is 14.4 Å². The van der Waals surface area contributed by atoms with Crippen molar-refractivity contribution in [3.05, 3.63) is 84.1 Å². The molecule has 2 aromatic carbocycles. The summed E-state index contributed by atoms with van der Waals surface area (Å²) < 4.78 is 32.8. The number of benzene rings is 2. The molecule has 0 atom stereocenters. The molecule has 0 aliphatic carbocycles. The molecule has 3 aromatic rings. The van der Waals surface area contributed by atoms with E-state index in [1.807, 2.05) is 6.07 Å². The predicted molar refractivity (Wildman–Crippen MR) is 115 cm³/mol. The molecule has 0 bridgehead atoms. The Balaban J connectivity index is 1.82. The number of ether oxygens (including phenoxy) is 1. The first kappa shape index (κ1) is 21.3. The lowest BCUT2D eigenvalue weighted by Crippen LogP contribution is -2.31. The van der Waals surface area contributed by atoms with Gasteiger partial charge in [-0.1, -0.05) is 30.3 Å². The number of para-hydroxylation sites is 1. The number of nitrogens with zero attached hydrogens (tertiary/aromatic N) is 2. The van der Waals surface area contributed by atoms with Gasteiger partial charge in [0.2, 0.25) is 5.88 Å². The van der Waals surface area contributed by atoms with E-state index in [-0.39, 0.29) is 29.5 Å². The average Bonchev–Trinajstić information content (AvgIpc) is 2.78. The fraction of sp³-hybridized carbons (Fsp3) is 0.182. The molecule has 156 valence electrons. The molecular formula is C22H23N3O4S. The summed E-state index contributed by atoms with van der Waals surface area (Å²) >= 11 is 0. The second-order valence-electron chi connectivity index (χ2n) is 6.39. The molecule has 0 aliphatic heterocycles. The number of rotatable bonds is 8. The molecule has 8 heteroatoms. The summed E-state index contributed by atoms with van der Waals surface area (Å²) in [6, 6.07) is 18.4. The molecule has 1 amide bonds. The van der Waals surface area contributed by atoms with Crippen LogP contribution in [0, 0.1) is 0 Å². The highest BCUT2D eigenvalue weighted by Crippen LogP contribution is 2.24. The van der Waals surface area contributed by atoms with Gasteiger partial charge in [-0.3, -0.25) is 9.10 Å². The largest absolute Gasteiger partial charge is 0.481 e. The minimum atomic E-state index is -3.81. The Labute approximate surface area is 176 Å². The molecule has 1 heterocycles. The van der Waals surface area contributed by atoms with Crippen molar-refractivity contribution in [1.29, 1.82) is 0 Å². The van der Waals surface area contributed by atoms with E-state index in [9.17, 15) is 13.2 Å². The summed E-state index contributed by atoms with van der Waals surface area (Å²) in [6.45, 7) is 2.24. The number of sulfonamides is 1. The molecule has 0 fully saturated rings. The quantitative estimate of drug-likeness (QED) is 0.599. The van der Waals surface area contributed by atoms with Crippen LogP contribution >= 0.6 is 0 Å². The summed E-state index contributed by atoms with van der Waals surface area (Å²) in [5.74, 6) is 0.0382. The molecule has 0 spiro atoms. The number of nitrogens with one attached hydrogen (secondary N) is 1. The maximum atomic E-state index is 13.2. The van der Waals surface area contributed by atoms with Crippen molar-refractivity contribution in [2.75, 3.05) is 18.0 Å². The zero-order valence-corrected chi connectivity index (χ0v) is 17.6.